The number of nitrogens with zero attached hydrogens (tertiary/aromatic N) is 5. The summed E-state index contributed by atoms with van der Waals surface area (Å²) in [7, 11) is 0. The Balaban J connectivity index is 1.41. The zero-order valence-corrected chi connectivity index (χ0v) is 19.7. The van der Waals surface area contributed by atoms with Crippen LogP contribution in [0.25, 0.3) is 21.9 Å². The van der Waals surface area contributed by atoms with Gasteiger partial charge >= 0.3 is 0 Å². The van der Waals surface area contributed by atoms with E-state index >= 15 is 0 Å². The molecule has 0 radical (unpaired) electrons. The van der Waals surface area contributed by atoms with Gasteiger partial charge in [0.25, 0.3) is 5.56 Å². The van der Waals surface area contributed by atoms with Gasteiger partial charge < -0.3 is 4.90 Å². The van der Waals surface area contributed by atoms with Crippen LogP contribution in [0.15, 0.2) is 47.4 Å². The number of piperidine rings is 1. The molecule has 0 bridgehead atoms. The molecule has 6 rings (SSSR count). The van der Waals surface area contributed by atoms with E-state index in [1.54, 1.807) is 18.3 Å². The van der Waals surface area contributed by atoms with Crippen molar-refractivity contribution < 1.29 is 4.39 Å². The van der Waals surface area contributed by atoms with Gasteiger partial charge in [0.15, 0.2) is 0 Å². The summed E-state index contributed by atoms with van der Waals surface area (Å²) >= 11 is 0. The van der Waals surface area contributed by atoms with E-state index in [9.17, 15) is 9.18 Å². The van der Waals surface area contributed by atoms with Crippen molar-refractivity contribution in [1.29, 1.82) is 0 Å². The first-order valence-corrected chi connectivity index (χ1v) is 12.6. The highest BCUT2D eigenvalue weighted by Crippen LogP contribution is 2.46. The fraction of sp³-hybridized carbons (Fsp3) is 0.429. The molecule has 2 aliphatic carbocycles. The predicted octanol–water partition coefficient (Wildman–Crippen LogP) is 6.02. The smallest absolute Gasteiger partial charge is 0.260 e. The van der Waals surface area contributed by atoms with Crippen LogP contribution in [-0.2, 0) is 0 Å². The molecule has 2 saturated carbocycles. The van der Waals surface area contributed by atoms with Crippen molar-refractivity contribution in [2.45, 2.75) is 57.3 Å². The monoisotopic (exact) mass is 469 g/mol. The zero-order chi connectivity index (χ0) is 24.0. The van der Waals surface area contributed by atoms with E-state index in [-0.39, 0.29) is 11.2 Å². The lowest BCUT2D eigenvalue weighted by atomic mass is 9.77. The summed E-state index contributed by atoms with van der Waals surface area (Å²) in [6.45, 7) is 8.91. The molecule has 0 unspecified atom stereocenters. The topological polar surface area (TPSA) is 55.4 Å². The molecule has 1 aliphatic heterocycles. The van der Waals surface area contributed by atoms with E-state index < -0.39 is 5.82 Å². The lowest BCUT2D eigenvalue weighted by Gasteiger charge is -2.40. The summed E-state index contributed by atoms with van der Waals surface area (Å²) in [5.41, 5.74) is 2.29. The molecule has 3 aromatic rings. The van der Waals surface area contributed by atoms with Gasteiger partial charge in [0.1, 0.15) is 17.5 Å². The second kappa shape index (κ2) is 8.60. The minimum Gasteiger partial charge on any atom is -0.356 e. The lowest BCUT2D eigenvalue weighted by Crippen LogP contribution is -2.40. The molecular weight excluding hydrogens is 441 g/mol. The number of benzene rings is 1. The Morgan fingerprint density at radius 3 is 2.43 bits per heavy atom. The quantitative estimate of drug-likeness (QED) is 0.438. The maximum absolute atomic E-state index is 14.6. The SMILES string of the molecule is [C-]#[N+]c1ccc(-c2nc(N3CCC4(CCCC4)CC3)cc(=O)n2-c2ccc(C3CC3)nc2)cc1F. The first kappa shape index (κ1) is 22.0. The molecule has 0 N–H and O–H groups in total. The van der Waals surface area contributed by atoms with Gasteiger partial charge in [-0.25, -0.2) is 14.2 Å². The Hall–Kier alpha value is -3.53. The average molecular weight is 470 g/mol. The lowest BCUT2D eigenvalue weighted by molar-refractivity contribution is 0.226. The number of halogens is 1. The summed E-state index contributed by atoms with van der Waals surface area (Å²) in [5.74, 6) is 0.890. The Morgan fingerprint density at radius 1 is 1.03 bits per heavy atom. The van der Waals surface area contributed by atoms with Crippen molar-refractivity contribution in [3.63, 3.8) is 0 Å². The normalized spacial score (nSPS) is 19.1. The molecule has 3 aliphatic rings. The minimum absolute atomic E-state index is 0.0489. The van der Waals surface area contributed by atoms with Crippen LogP contribution in [0.4, 0.5) is 15.9 Å². The molecule has 0 amide bonds. The molecule has 3 heterocycles. The van der Waals surface area contributed by atoms with Gasteiger partial charge in [0, 0.05) is 36.3 Å². The summed E-state index contributed by atoms with van der Waals surface area (Å²) in [6.07, 6.45) is 11.5. The van der Waals surface area contributed by atoms with Gasteiger partial charge in [-0.05, 0) is 62.1 Å². The van der Waals surface area contributed by atoms with Crippen molar-refractivity contribution in [3.05, 3.63) is 75.9 Å². The molecule has 3 fully saturated rings. The minimum atomic E-state index is -0.618. The number of pyridine rings is 1. The van der Waals surface area contributed by atoms with E-state index in [2.05, 4.69) is 14.7 Å². The third-order valence-electron chi connectivity index (χ3n) is 8.07. The second-order valence-electron chi connectivity index (χ2n) is 10.3. The van der Waals surface area contributed by atoms with Gasteiger partial charge in [-0.3, -0.25) is 14.3 Å². The maximum Gasteiger partial charge on any atom is 0.260 e. The van der Waals surface area contributed by atoms with E-state index in [1.165, 1.54) is 42.4 Å². The molecule has 0 atom stereocenters. The van der Waals surface area contributed by atoms with Gasteiger partial charge in [-0.1, -0.05) is 25.0 Å². The standard InChI is InChI=1S/C28H28FN5O/c1-30-24-8-6-20(16-22(24)29)27-32-25(33-14-12-28(13-15-33)10-2-3-11-28)17-26(35)34(27)21-7-9-23(31-18-21)19-4-5-19/h6-9,16-19H,2-5,10-15H2. The van der Waals surface area contributed by atoms with Crippen LogP contribution in [-0.4, -0.2) is 27.6 Å². The molecule has 1 spiro atoms. The molecule has 178 valence electrons. The number of rotatable bonds is 4. The highest BCUT2D eigenvalue weighted by molar-refractivity contribution is 5.64. The Bertz CT molecular complexity index is 1350. The van der Waals surface area contributed by atoms with E-state index in [0.29, 0.717) is 34.2 Å². The van der Waals surface area contributed by atoms with Gasteiger partial charge in [0.2, 0.25) is 5.69 Å². The highest BCUT2D eigenvalue weighted by Gasteiger charge is 2.37. The van der Waals surface area contributed by atoms with Gasteiger partial charge in [0.05, 0.1) is 18.5 Å². The Labute approximate surface area is 204 Å². The van der Waals surface area contributed by atoms with Gasteiger partial charge in [-0.2, -0.15) is 0 Å². The molecule has 1 saturated heterocycles. The molecule has 1 aromatic carbocycles. The fourth-order valence-electron chi connectivity index (χ4n) is 5.80. The van der Waals surface area contributed by atoms with Crippen LogP contribution >= 0.6 is 0 Å². The molecule has 35 heavy (non-hydrogen) atoms. The van der Waals surface area contributed by atoms with Crippen molar-refractivity contribution >= 4 is 11.5 Å². The Morgan fingerprint density at radius 2 is 1.80 bits per heavy atom. The number of hydrogen-bond acceptors (Lipinski definition) is 4. The predicted molar refractivity (Wildman–Crippen MR) is 134 cm³/mol. The van der Waals surface area contributed by atoms with Crippen molar-refractivity contribution in [2.75, 3.05) is 18.0 Å². The van der Waals surface area contributed by atoms with E-state index in [1.807, 2.05) is 12.1 Å². The molecule has 2 aromatic heterocycles. The van der Waals surface area contributed by atoms with E-state index in [4.69, 9.17) is 11.6 Å². The maximum atomic E-state index is 14.6. The van der Waals surface area contributed by atoms with Crippen LogP contribution in [0.2, 0.25) is 0 Å². The largest absolute Gasteiger partial charge is 0.356 e. The molecular formula is C28H28FN5O. The molecule has 7 heteroatoms. The van der Waals surface area contributed by atoms with Crippen LogP contribution in [0.1, 0.15) is 63.0 Å². The number of aromatic nitrogens is 3. The van der Waals surface area contributed by atoms with Crippen molar-refractivity contribution in [1.82, 2.24) is 14.5 Å². The van der Waals surface area contributed by atoms with Gasteiger partial charge in [-0.15, -0.1) is 0 Å². The second-order valence-corrected chi connectivity index (χ2v) is 10.3. The zero-order valence-electron chi connectivity index (χ0n) is 19.7. The summed E-state index contributed by atoms with van der Waals surface area (Å²) in [5, 5.41) is 0. The summed E-state index contributed by atoms with van der Waals surface area (Å²) in [4.78, 5) is 28.4. The van der Waals surface area contributed by atoms with Crippen LogP contribution in [0.5, 0.6) is 0 Å². The first-order chi connectivity index (χ1) is 17.0. The first-order valence-electron chi connectivity index (χ1n) is 12.6. The van der Waals surface area contributed by atoms with Crippen LogP contribution < -0.4 is 10.5 Å². The highest BCUT2D eigenvalue weighted by atomic mass is 19.1. The summed E-state index contributed by atoms with van der Waals surface area (Å²) in [6, 6.07) is 9.85. The Kier molecular flexibility index (Phi) is 5.40. The third kappa shape index (κ3) is 4.12. The van der Waals surface area contributed by atoms with Crippen LogP contribution in [0.3, 0.4) is 0 Å². The summed E-state index contributed by atoms with van der Waals surface area (Å²) < 4.78 is 16.1. The van der Waals surface area contributed by atoms with Crippen LogP contribution in [0, 0.1) is 17.8 Å². The molecule has 6 nitrogen and oxygen atoms in total. The average Bonchev–Trinajstić information content (AvgIpc) is 3.64. The van der Waals surface area contributed by atoms with Crippen molar-refractivity contribution in [3.8, 4) is 17.1 Å². The third-order valence-corrected chi connectivity index (χ3v) is 8.07. The number of anilines is 1. The van der Waals surface area contributed by atoms with E-state index in [0.717, 1.165) is 44.5 Å². The fourth-order valence-corrected chi connectivity index (χ4v) is 5.80. The number of hydrogen-bond donors (Lipinski definition) is 0. The van der Waals surface area contributed by atoms with Crippen molar-refractivity contribution in [2.24, 2.45) is 5.41 Å².